The Balaban J connectivity index is 3.29. The monoisotopic (exact) mass is 238 g/mol. The second kappa shape index (κ2) is 7.73. The third-order valence-corrected chi connectivity index (χ3v) is 6.88. The van der Waals surface area contributed by atoms with Crippen molar-refractivity contribution in [3.63, 3.8) is 0 Å². The predicted molar refractivity (Wildman–Crippen MR) is 62.8 cm³/mol. The Morgan fingerprint density at radius 3 is 2.38 bits per heavy atom. The van der Waals surface area contributed by atoms with Gasteiger partial charge in [-0.3, -0.25) is 4.79 Å². The van der Waals surface area contributed by atoms with E-state index in [1.165, 1.54) is 12.1 Å². The highest BCUT2D eigenvalue weighted by atomic mass is 35.5. The van der Waals surface area contributed by atoms with Crippen LogP contribution in [0.2, 0.25) is 31.2 Å². The molecule has 0 bridgehead atoms. The molecule has 2 unspecified atom stereocenters. The van der Waals surface area contributed by atoms with Gasteiger partial charge in [-0.2, -0.15) is 0 Å². The summed E-state index contributed by atoms with van der Waals surface area (Å²) in [6, 6.07) is 3.45. The molecule has 0 radical (unpaired) electrons. The number of hydrogen-bond donors (Lipinski definition) is 1. The molecule has 0 aliphatic carbocycles. The van der Waals surface area contributed by atoms with Gasteiger partial charge in [0, 0.05) is 15.2 Å². The topological polar surface area (TPSA) is 37.3 Å². The average Bonchev–Trinajstić information content (AvgIpc) is 2.00. The van der Waals surface area contributed by atoms with Crippen LogP contribution >= 0.6 is 11.6 Å². The van der Waals surface area contributed by atoms with Crippen molar-refractivity contribution in [1.82, 2.24) is 0 Å². The van der Waals surface area contributed by atoms with Crippen molar-refractivity contribution in [2.24, 2.45) is 0 Å². The summed E-state index contributed by atoms with van der Waals surface area (Å²) in [5.41, 5.74) is 0. The van der Waals surface area contributed by atoms with E-state index >= 15 is 0 Å². The highest BCUT2D eigenvalue weighted by Crippen LogP contribution is 2.10. The largest absolute Gasteiger partial charge is 0.435 e. The molecule has 0 heterocycles. The predicted octanol–water partition coefficient (Wildman–Crippen LogP) is 1.73. The Bertz CT molecular complexity index is 153. The zero-order chi connectivity index (χ0) is 10.3. The molecule has 78 valence electrons. The van der Waals surface area contributed by atoms with Crippen LogP contribution in [-0.4, -0.2) is 27.9 Å². The van der Waals surface area contributed by atoms with E-state index in [0.717, 1.165) is 12.5 Å². The van der Waals surface area contributed by atoms with E-state index in [2.05, 4.69) is 6.55 Å². The van der Waals surface area contributed by atoms with Crippen LogP contribution in [0.15, 0.2) is 0 Å². The molecule has 0 fully saturated rings. The molecule has 0 rings (SSSR count). The van der Waals surface area contributed by atoms with Crippen LogP contribution in [0.4, 0.5) is 0 Å². The maximum absolute atomic E-state index is 10.4. The average molecular weight is 239 g/mol. The van der Waals surface area contributed by atoms with Crippen LogP contribution in [0, 0.1) is 0 Å². The molecule has 0 saturated carbocycles. The maximum Gasteiger partial charge on any atom is 0.221 e. The van der Waals surface area contributed by atoms with Gasteiger partial charge in [-0.05, 0) is 30.6 Å². The van der Waals surface area contributed by atoms with E-state index in [4.69, 9.17) is 11.6 Å². The van der Waals surface area contributed by atoms with Gasteiger partial charge < -0.3 is 4.80 Å². The van der Waals surface area contributed by atoms with Crippen molar-refractivity contribution in [1.29, 1.82) is 0 Å². The molecule has 0 aromatic carbocycles. The number of rotatable bonds is 7. The molecular formula is C8H19ClO2Si2. The van der Waals surface area contributed by atoms with E-state index in [1.807, 2.05) is 6.55 Å². The van der Waals surface area contributed by atoms with Crippen molar-refractivity contribution in [2.45, 2.75) is 44.1 Å². The molecule has 5 heteroatoms. The van der Waals surface area contributed by atoms with Crippen LogP contribution in [0.5, 0.6) is 0 Å². The number of halogens is 1. The van der Waals surface area contributed by atoms with Crippen molar-refractivity contribution in [3.8, 4) is 0 Å². The molecular weight excluding hydrogens is 220 g/mol. The van der Waals surface area contributed by atoms with Gasteiger partial charge in [0.1, 0.15) is 0 Å². The summed E-state index contributed by atoms with van der Waals surface area (Å²) in [6.07, 6.45) is 1.46. The second-order valence-corrected chi connectivity index (χ2v) is 9.84. The molecule has 0 saturated heterocycles. The lowest BCUT2D eigenvalue weighted by atomic mass is 10.4. The third-order valence-electron chi connectivity index (χ3n) is 2.15. The minimum Gasteiger partial charge on any atom is -0.435 e. The standard InChI is InChI=1S/C8H19ClO2Si2/c1-12(6-7-13(2)11)5-3-4-8(9)10/h11-13H,3-7H2,1-2H3. The van der Waals surface area contributed by atoms with E-state index < -0.39 is 17.8 Å². The van der Waals surface area contributed by atoms with Crippen LogP contribution in [0.3, 0.4) is 0 Å². The van der Waals surface area contributed by atoms with Gasteiger partial charge in [0.15, 0.2) is 9.04 Å². The van der Waals surface area contributed by atoms with Gasteiger partial charge in [0.05, 0.1) is 0 Å². The van der Waals surface area contributed by atoms with Crippen LogP contribution in [-0.2, 0) is 4.79 Å². The molecule has 0 amide bonds. The molecule has 0 aliphatic rings. The highest BCUT2D eigenvalue weighted by molar-refractivity contribution is 6.63. The van der Waals surface area contributed by atoms with Gasteiger partial charge in [-0.1, -0.05) is 18.6 Å². The van der Waals surface area contributed by atoms with Crippen LogP contribution in [0.25, 0.3) is 0 Å². The summed E-state index contributed by atoms with van der Waals surface area (Å²) in [4.78, 5) is 19.6. The van der Waals surface area contributed by atoms with Gasteiger partial charge in [0.25, 0.3) is 0 Å². The van der Waals surface area contributed by atoms with E-state index in [9.17, 15) is 9.59 Å². The van der Waals surface area contributed by atoms with Gasteiger partial charge >= 0.3 is 0 Å². The van der Waals surface area contributed by atoms with Crippen molar-refractivity contribution < 1.29 is 9.59 Å². The first kappa shape index (κ1) is 13.4. The fourth-order valence-corrected chi connectivity index (χ4v) is 6.79. The summed E-state index contributed by atoms with van der Waals surface area (Å²) in [5, 5.41) is -0.217. The molecule has 2 atom stereocenters. The summed E-state index contributed by atoms with van der Waals surface area (Å²) >= 11 is 5.23. The lowest BCUT2D eigenvalue weighted by molar-refractivity contribution is -0.111. The minimum absolute atomic E-state index is 0.217. The lowest BCUT2D eigenvalue weighted by Gasteiger charge is -2.09. The van der Waals surface area contributed by atoms with Gasteiger partial charge in [-0.25, -0.2) is 0 Å². The summed E-state index contributed by atoms with van der Waals surface area (Å²) in [5.74, 6) is 0. The first-order valence-corrected chi connectivity index (χ1v) is 10.5. The maximum atomic E-state index is 10.4. The fourth-order valence-electron chi connectivity index (χ4n) is 1.26. The Morgan fingerprint density at radius 1 is 1.31 bits per heavy atom. The SMILES string of the molecule is C[SiH](O)CC[SiH](C)CCCC(=O)Cl. The Hall–Kier alpha value is 0.354. The van der Waals surface area contributed by atoms with E-state index in [1.54, 1.807) is 0 Å². The highest BCUT2D eigenvalue weighted by Gasteiger charge is 2.07. The first-order chi connectivity index (χ1) is 6.02. The summed E-state index contributed by atoms with van der Waals surface area (Å²) in [6.45, 7) is 4.26. The van der Waals surface area contributed by atoms with Crippen molar-refractivity contribution >= 4 is 34.7 Å². The molecule has 13 heavy (non-hydrogen) atoms. The molecule has 0 spiro atoms. The van der Waals surface area contributed by atoms with Crippen molar-refractivity contribution in [3.05, 3.63) is 0 Å². The summed E-state index contributed by atoms with van der Waals surface area (Å²) < 4.78 is 0. The lowest BCUT2D eigenvalue weighted by Crippen LogP contribution is -2.12. The molecule has 0 aliphatic heterocycles. The molecule has 1 N–H and O–H groups in total. The minimum atomic E-state index is -1.34. The molecule has 0 aromatic rings. The second-order valence-electron chi connectivity index (χ2n) is 3.78. The van der Waals surface area contributed by atoms with E-state index in [-0.39, 0.29) is 5.24 Å². The Labute approximate surface area is 88.6 Å². The normalized spacial score (nSPS) is 15.4. The molecule has 0 aromatic heterocycles. The van der Waals surface area contributed by atoms with Crippen LogP contribution < -0.4 is 0 Å². The summed E-state index contributed by atoms with van der Waals surface area (Å²) in [7, 11) is -1.99. The number of hydrogen-bond acceptors (Lipinski definition) is 2. The van der Waals surface area contributed by atoms with Crippen molar-refractivity contribution in [2.75, 3.05) is 0 Å². The first-order valence-electron chi connectivity index (χ1n) is 4.88. The number of carbonyl (C=O) groups is 1. The third kappa shape index (κ3) is 10.3. The smallest absolute Gasteiger partial charge is 0.221 e. The zero-order valence-electron chi connectivity index (χ0n) is 8.42. The zero-order valence-corrected chi connectivity index (χ0v) is 11.5. The van der Waals surface area contributed by atoms with Gasteiger partial charge in [0.2, 0.25) is 5.24 Å². The Morgan fingerprint density at radius 2 is 1.92 bits per heavy atom. The molecule has 2 nitrogen and oxygen atoms in total. The number of carbonyl (C=O) groups excluding carboxylic acids is 1. The Kier molecular flexibility index (Phi) is 7.94. The van der Waals surface area contributed by atoms with Crippen LogP contribution in [0.1, 0.15) is 12.8 Å². The quantitative estimate of drug-likeness (QED) is 0.542. The van der Waals surface area contributed by atoms with E-state index in [0.29, 0.717) is 6.42 Å². The fraction of sp³-hybridized carbons (Fsp3) is 0.875. The van der Waals surface area contributed by atoms with Gasteiger partial charge in [-0.15, -0.1) is 0 Å².